The number of benzene rings is 1. The first-order valence-corrected chi connectivity index (χ1v) is 4.42. The van der Waals surface area contributed by atoms with Gasteiger partial charge in [0.2, 0.25) is 0 Å². The molecule has 14 heavy (non-hydrogen) atoms. The lowest BCUT2D eigenvalue weighted by Gasteiger charge is -2.06. The number of carbonyl (C=O) groups is 1. The van der Waals surface area contributed by atoms with E-state index in [1.165, 1.54) is 12.1 Å². The summed E-state index contributed by atoms with van der Waals surface area (Å²) < 4.78 is 17.3. The molecule has 1 aliphatic heterocycles. The van der Waals surface area contributed by atoms with Crippen molar-refractivity contribution in [3.05, 3.63) is 35.6 Å². The summed E-state index contributed by atoms with van der Waals surface area (Å²) in [7, 11) is 0. The highest BCUT2D eigenvalue weighted by Crippen LogP contribution is 2.08. The van der Waals surface area contributed by atoms with Gasteiger partial charge in [0.1, 0.15) is 12.4 Å². The lowest BCUT2D eigenvalue weighted by Crippen LogP contribution is -2.28. The van der Waals surface area contributed by atoms with E-state index in [1.807, 2.05) is 0 Å². The average molecular weight is 195 g/mol. The molecule has 1 N–H and O–H groups in total. The van der Waals surface area contributed by atoms with E-state index >= 15 is 0 Å². The SMILES string of the molecule is O=C1NC(Cc2ccc(F)cc2)CO1. The summed E-state index contributed by atoms with van der Waals surface area (Å²) in [5, 5.41) is 2.66. The molecular formula is C10H10FNO2. The number of hydrogen-bond donors (Lipinski definition) is 1. The first-order valence-electron chi connectivity index (χ1n) is 4.42. The maximum absolute atomic E-state index is 12.6. The number of rotatable bonds is 2. The largest absolute Gasteiger partial charge is 0.447 e. The number of amides is 1. The number of cyclic esters (lactones) is 1. The fourth-order valence-corrected chi connectivity index (χ4v) is 1.44. The molecule has 2 rings (SSSR count). The van der Waals surface area contributed by atoms with Crippen molar-refractivity contribution in [2.24, 2.45) is 0 Å². The van der Waals surface area contributed by atoms with Crippen LogP contribution in [0.3, 0.4) is 0 Å². The van der Waals surface area contributed by atoms with Crippen LogP contribution in [0, 0.1) is 5.82 Å². The molecule has 0 bridgehead atoms. The Balaban J connectivity index is 1.97. The van der Waals surface area contributed by atoms with Gasteiger partial charge in [0.15, 0.2) is 0 Å². The van der Waals surface area contributed by atoms with E-state index in [0.29, 0.717) is 13.0 Å². The van der Waals surface area contributed by atoms with Crippen LogP contribution >= 0.6 is 0 Å². The minimum atomic E-state index is -0.378. The first-order chi connectivity index (χ1) is 6.74. The highest BCUT2D eigenvalue weighted by Gasteiger charge is 2.21. The summed E-state index contributed by atoms with van der Waals surface area (Å²) in [5.41, 5.74) is 0.988. The summed E-state index contributed by atoms with van der Waals surface area (Å²) in [5.74, 6) is -0.250. The van der Waals surface area contributed by atoms with E-state index in [-0.39, 0.29) is 18.0 Å². The fourth-order valence-electron chi connectivity index (χ4n) is 1.44. The Hall–Kier alpha value is -1.58. The van der Waals surface area contributed by atoms with Crippen molar-refractivity contribution in [3.8, 4) is 0 Å². The van der Waals surface area contributed by atoms with Gasteiger partial charge in [-0.1, -0.05) is 12.1 Å². The van der Waals surface area contributed by atoms with Crippen molar-refractivity contribution in [2.75, 3.05) is 6.61 Å². The molecule has 1 aliphatic rings. The third-order valence-electron chi connectivity index (χ3n) is 2.13. The molecule has 1 amide bonds. The summed E-state index contributed by atoms with van der Waals surface area (Å²) >= 11 is 0. The molecule has 1 fully saturated rings. The lowest BCUT2D eigenvalue weighted by atomic mass is 10.1. The van der Waals surface area contributed by atoms with Crippen molar-refractivity contribution in [3.63, 3.8) is 0 Å². The molecule has 3 nitrogen and oxygen atoms in total. The predicted octanol–water partition coefficient (Wildman–Crippen LogP) is 1.48. The van der Waals surface area contributed by atoms with Crippen LogP contribution in [-0.2, 0) is 11.2 Å². The molecule has 1 atom stereocenters. The van der Waals surface area contributed by atoms with Gasteiger partial charge in [-0.15, -0.1) is 0 Å². The third-order valence-corrected chi connectivity index (χ3v) is 2.13. The molecule has 1 aromatic carbocycles. The van der Waals surface area contributed by atoms with Crippen LogP contribution in [0.15, 0.2) is 24.3 Å². The van der Waals surface area contributed by atoms with Crippen LogP contribution in [0.1, 0.15) is 5.56 Å². The van der Waals surface area contributed by atoms with Crippen molar-refractivity contribution in [1.29, 1.82) is 0 Å². The molecule has 1 heterocycles. The van der Waals surface area contributed by atoms with E-state index in [9.17, 15) is 9.18 Å². The monoisotopic (exact) mass is 195 g/mol. The van der Waals surface area contributed by atoms with Gasteiger partial charge in [-0.2, -0.15) is 0 Å². The Morgan fingerprint density at radius 1 is 1.43 bits per heavy atom. The zero-order chi connectivity index (χ0) is 9.97. The van der Waals surface area contributed by atoms with E-state index < -0.39 is 0 Å². The highest BCUT2D eigenvalue weighted by molar-refractivity contribution is 5.69. The quantitative estimate of drug-likeness (QED) is 0.776. The number of carbonyl (C=O) groups excluding carboxylic acids is 1. The smallest absolute Gasteiger partial charge is 0.407 e. The van der Waals surface area contributed by atoms with Crippen molar-refractivity contribution in [2.45, 2.75) is 12.5 Å². The van der Waals surface area contributed by atoms with Crippen LogP contribution in [-0.4, -0.2) is 18.7 Å². The third kappa shape index (κ3) is 2.02. The predicted molar refractivity (Wildman–Crippen MR) is 48.4 cm³/mol. The van der Waals surface area contributed by atoms with Gasteiger partial charge >= 0.3 is 6.09 Å². The van der Waals surface area contributed by atoms with Crippen molar-refractivity contribution >= 4 is 6.09 Å². The van der Waals surface area contributed by atoms with Crippen LogP contribution in [0.2, 0.25) is 0 Å². The van der Waals surface area contributed by atoms with Gasteiger partial charge < -0.3 is 10.1 Å². The second kappa shape index (κ2) is 3.65. The Kier molecular flexibility index (Phi) is 2.35. The molecule has 4 heteroatoms. The molecule has 0 spiro atoms. The van der Waals surface area contributed by atoms with Crippen LogP contribution < -0.4 is 5.32 Å². The summed E-state index contributed by atoms with van der Waals surface area (Å²) in [4.78, 5) is 10.7. The number of alkyl carbamates (subject to hydrolysis) is 1. The van der Waals surface area contributed by atoms with Crippen molar-refractivity contribution < 1.29 is 13.9 Å². The van der Waals surface area contributed by atoms with Gasteiger partial charge in [0.25, 0.3) is 0 Å². The summed E-state index contributed by atoms with van der Waals surface area (Å²) in [6.45, 7) is 0.385. The maximum Gasteiger partial charge on any atom is 0.407 e. The van der Waals surface area contributed by atoms with Crippen molar-refractivity contribution in [1.82, 2.24) is 5.32 Å². The van der Waals surface area contributed by atoms with E-state index in [0.717, 1.165) is 5.56 Å². The minimum absolute atomic E-state index is 0.00737. The Labute approximate surface area is 80.9 Å². The molecule has 74 valence electrons. The fraction of sp³-hybridized carbons (Fsp3) is 0.300. The number of ether oxygens (including phenoxy) is 1. The van der Waals surface area contributed by atoms with Gasteiger partial charge in [-0.25, -0.2) is 9.18 Å². The first kappa shape index (κ1) is 8.99. The van der Waals surface area contributed by atoms with Gasteiger partial charge in [-0.3, -0.25) is 0 Å². The van der Waals surface area contributed by atoms with E-state index in [4.69, 9.17) is 4.74 Å². The maximum atomic E-state index is 12.6. The second-order valence-corrected chi connectivity index (χ2v) is 3.27. The highest BCUT2D eigenvalue weighted by atomic mass is 19.1. The summed E-state index contributed by atoms with van der Waals surface area (Å²) in [6.07, 6.45) is 0.295. The lowest BCUT2D eigenvalue weighted by molar-refractivity contribution is 0.177. The Bertz CT molecular complexity index is 336. The Morgan fingerprint density at radius 3 is 2.71 bits per heavy atom. The van der Waals surface area contributed by atoms with Crippen LogP contribution in [0.25, 0.3) is 0 Å². The zero-order valence-electron chi connectivity index (χ0n) is 7.50. The second-order valence-electron chi connectivity index (χ2n) is 3.27. The molecule has 1 unspecified atom stereocenters. The van der Waals surface area contributed by atoms with E-state index in [2.05, 4.69) is 5.32 Å². The van der Waals surface area contributed by atoms with Gasteiger partial charge in [0, 0.05) is 0 Å². The van der Waals surface area contributed by atoms with Crippen LogP contribution in [0.4, 0.5) is 9.18 Å². The van der Waals surface area contributed by atoms with E-state index in [1.54, 1.807) is 12.1 Å². The molecule has 1 aromatic rings. The molecule has 0 radical (unpaired) electrons. The Morgan fingerprint density at radius 2 is 2.14 bits per heavy atom. The van der Waals surface area contributed by atoms with Gasteiger partial charge in [-0.05, 0) is 24.1 Å². The minimum Gasteiger partial charge on any atom is -0.447 e. The molecule has 1 saturated heterocycles. The normalized spacial score (nSPS) is 20.4. The standard InChI is InChI=1S/C10H10FNO2/c11-8-3-1-7(2-4-8)5-9-6-14-10(13)12-9/h1-4,9H,5-6H2,(H,12,13). The zero-order valence-corrected chi connectivity index (χ0v) is 7.50. The number of hydrogen-bond acceptors (Lipinski definition) is 2. The summed E-state index contributed by atoms with van der Waals surface area (Å²) in [6, 6.07) is 6.24. The molecule has 0 saturated carbocycles. The number of nitrogens with one attached hydrogen (secondary N) is 1. The number of halogens is 1. The average Bonchev–Trinajstić information content (AvgIpc) is 2.56. The van der Waals surface area contributed by atoms with Gasteiger partial charge in [0.05, 0.1) is 6.04 Å². The molecule has 0 aromatic heterocycles. The van der Waals surface area contributed by atoms with Crippen LogP contribution in [0.5, 0.6) is 0 Å². The molecule has 0 aliphatic carbocycles. The molecular weight excluding hydrogens is 185 g/mol. The topological polar surface area (TPSA) is 38.3 Å².